The number of imide groups is 1. The molecular formula is C17H17ClN2O6. The third-order valence-electron chi connectivity index (χ3n) is 3.29. The number of benzene rings is 1. The van der Waals surface area contributed by atoms with Crippen molar-refractivity contribution in [1.82, 2.24) is 10.6 Å². The minimum atomic E-state index is -1.000. The van der Waals surface area contributed by atoms with E-state index in [1.54, 1.807) is 0 Å². The number of ether oxygens (including phenoxy) is 1. The van der Waals surface area contributed by atoms with Crippen molar-refractivity contribution in [2.75, 3.05) is 13.2 Å². The van der Waals surface area contributed by atoms with Crippen LogP contribution in [0.25, 0.3) is 11.0 Å². The summed E-state index contributed by atoms with van der Waals surface area (Å²) in [4.78, 5) is 46.9. The SMILES string of the molecule is CCCCNC(=O)NC(=O)COC(=O)c1cc(=O)c2cc(Cl)ccc2o1. The van der Waals surface area contributed by atoms with E-state index in [4.69, 9.17) is 20.8 Å². The minimum absolute atomic E-state index is 0.161. The van der Waals surface area contributed by atoms with Crippen LogP contribution in [0.4, 0.5) is 4.79 Å². The van der Waals surface area contributed by atoms with Crippen molar-refractivity contribution >= 4 is 40.5 Å². The topological polar surface area (TPSA) is 115 Å². The van der Waals surface area contributed by atoms with Gasteiger partial charge < -0.3 is 14.5 Å². The zero-order valence-electron chi connectivity index (χ0n) is 14.0. The highest BCUT2D eigenvalue weighted by molar-refractivity contribution is 6.31. The Morgan fingerprint density at radius 3 is 2.73 bits per heavy atom. The summed E-state index contributed by atoms with van der Waals surface area (Å²) in [6.45, 7) is 1.70. The van der Waals surface area contributed by atoms with Crippen molar-refractivity contribution in [2.45, 2.75) is 19.8 Å². The highest BCUT2D eigenvalue weighted by Gasteiger charge is 2.16. The molecule has 2 N–H and O–H groups in total. The first kappa shape index (κ1) is 19.5. The number of carbonyl (C=O) groups excluding carboxylic acids is 3. The van der Waals surface area contributed by atoms with Crippen molar-refractivity contribution in [3.05, 3.63) is 45.3 Å². The number of amides is 3. The molecule has 0 aliphatic heterocycles. The molecule has 0 saturated heterocycles. The third-order valence-corrected chi connectivity index (χ3v) is 3.53. The van der Waals surface area contributed by atoms with Crippen LogP contribution < -0.4 is 16.1 Å². The predicted octanol–water partition coefficient (Wildman–Crippen LogP) is 2.23. The second kappa shape index (κ2) is 9.00. The first-order chi connectivity index (χ1) is 12.4. The van der Waals surface area contributed by atoms with Gasteiger partial charge in [0.05, 0.1) is 5.39 Å². The third kappa shape index (κ3) is 5.32. The Balaban J connectivity index is 1.94. The number of unbranched alkanes of at least 4 members (excludes halogenated alkanes) is 1. The summed E-state index contributed by atoms with van der Waals surface area (Å²) in [7, 11) is 0. The van der Waals surface area contributed by atoms with Crippen molar-refractivity contribution in [2.24, 2.45) is 0 Å². The second-order valence-corrected chi connectivity index (χ2v) is 5.79. The van der Waals surface area contributed by atoms with Crippen LogP contribution in [0.5, 0.6) is 0 Å². The number of halogens is 1. The molecule has 0 atom stereocenters. The van der Waals surface area contributed by atoms with Gasteiger partial charge in [-0.2, -0.15) is 0 Å². The molecule has 0 spiro atoms. The van der Waals surface area contributed by atoms with E-state index in [0.717, 1.165) is 18.9 Å². The smallest absolute Gasteiger partial charge is 0.374 e. The van der Waals surface area contributed by atoms with E-state index in [2.05, 4.69) is 5.32 Å². The summed E-state index contributed by atoms with van der Waals surface area (Å²) in [5.41, 5.74) is -0.311. The molecule has 0 fully saturated rings. The first-order valence-corrected chi connectivity index (χ1v) is 8.26. The molecular weight excluding hydrogens is 364 g/mol. The van der Waals surface area contributed by atoms with Crippen molar-refractivity contribution in [3.63, 3.8) is 0 Å². The maximum atomic E-state index is 12.0. The van der Waals surface area contributed by atoms with Gasteiger partial charge >= 0.3 is 12.0 Å². The molecule has 1 heterocycles. The zero-order valence-corrected chi connectivity index (χ0v) is 14.7. The largest absolute Gasteiger partial charge is 0.450 e. The monoisotopic (exact) mass is 380 g/mol. The normalized spacial score (nSPS) is 10.4. The van der Waals surface area contributed by atoms with Gasteiger partial charge in [0.25, 0.3) is 5.91 Å². The van der Waals surface area contributed by atoms with Gasteiger partial charge in [-0.1, -0.05) is 24.9 Å². The van der Waals surface area contributed by atoms with Crippen molar-refractivity contribution in [1.29, 1.82) is 0 Å². The van der Waals surface area contributed by atoms with Crippen molar-refractivity contribution < 1.29 is 23.5 Å². The van der Waals surface area contributed by atoms with E-state index in [1.807, 2.05) is 12.2 Å². The van der Waals surface area contributed by atoms with Crippen LogP contribution in [0.3, 0.4) is 0 Å². The maximum absolute atomic E-state index is 12.0. The summed E-state index contributed by atoms with van der Waals surface area (Å²) in [6, 6.07) is 4.66. The maximum Gasteiger partial charge on any atom is 0.374 e. The lowest BCUT2D eigenvalue weighted by atomic mass is 10.2. The van der Waals surface area contributed by atoms with E-state index in [-0.39, 0.29) is 16.7 Å². The molecule has 0 aliphatic rings. The molecule has 0 unspecified atom stereocenters. The Morgan fingerprint density at radius 2 is 2.00 bits per heavy atom. The number of urea groups is 1. The van der Waals surface area contributed by atoms with E-state index < -0.39 is 29.9 Å². The van der Waals surface area contributed by atoms with Crippen LogP contribution in [0.1, 0.15) is 30.3 Å². The summed E-state index contributed by atoms with van der Waals surface area (Å²) in [6.07, 6.45) is 1.68. The van der Waals surface area contributed by atoms with Crippen LogP contribution >= 0.6 is 11.6 Å². The summed E-state index contributed by atoms with van der Waals surface area (Å²) >= 11 is 5.81. The quantitative estimate of drug-likeness (QED) is 0.586. The molecule has 0 bridgehead atoms. The standard InChI is InChI=1S/C17H17ClN2O6/c1-2-3-6-19-17(24)20-15(22)9-25-16(23)14-8-12(21)11-7-10(18)4-5-13(11)26-14/h4-5,7-8H,2-3,6,9H2,1H3,(H2,19,20,22,24). The van der Waals surface area contributed by atoms with Crippen LogP contribution in [0, 0.1) is 0 Å². The Labute approximate surface area is 153 Å². The zero-order chi connectivity index (χ0) is 19.1. The van der Waals surface area contributed by atoms with Gasteiger partial charge in [-0.05, 0) is 24.6 Å². The predicted molar refractivity (Wildman–Crippen MR) is 94.2 cm³/mol. The van der Waals surface area contributed by atoms with Gasteiger partial charge in [0, 0.05) is 17.6 Å². The van der Waals surface area contributed by atoms with Gasteiger partial charge in [0.1, 0.15) is 5.58 Å². The molecule has 0 saturated carbocycles. The lowest BCUT2D eigenvalue weighted by Gasteiger charge is -2.07. The molecule has 1 aromatic carbocycles. The van der Waals surface area contributed by atoms with Crippen molar-refractivity contribution in [3.8, 4) is 0 Å². The Hall–Kier alpha value is -2.87. The average Bonchev–Trinajstić information content (AvgIpc) is 2.60. The average molecular weight is 381 g/mol. The van der Waals surface area contributed by atoms with Gasteiger partial charge in [-0.25, -0.2) is 9.59 Å². The first-order valence-electron chi connectivity index (χ1n) is 7.89. The van der Waals surface area contributed by atoms with Gasteiger partial charge in [0.15, 0.2) is 12.0 Å². The molecule has 26 heavy (non-hydrogen) atoms. The molecule has 1 aromatic heterocycles. The Morgan fingerprint density at radius 1 is 1.23 bits per heavy atom. The summed E-state index contributed by atoms with van der Waals surface area (Å²) in [5, 5.41) is 5.08. The minimum Gasteiger partial charge on any atom is -0.450 e. The number of esters is 1. The van der Waals surface area contributed by atoms with Crippen LogP contribution in [-0.2, 0) is 9.53 Å². The fourth-order valence-electron chi connectivity index (χ4n) is 2.02. The number of nitrogens with one attached hydrogen (secondary N) is 2. The second-order valence-electron chi connectivity index (χ2n) is 5.35. The molecule has 2 aromatic rings. The molecule has 0 radical (unpaired) electrons. The Kier molecular flexibility index (Phi) is 6.74. The van der Waals surface area contributed by atoms with Gasteiger partial charge in [0.2, 0.25) is 5.76 Å². The summed E-state index contributed by atoms with van der Waals surface area (Å²) in [5.74, 6) is -2.16. The highest BCUT2D eigenvalue weighted by atomic mass is 35.5. The lowest BCUT2D eigenvalue weighted by molar-refractivity contribution is -0.123. The fourth-order valence-corrected chi connectivity index (χ4v) is 2.19. The molecule has 8 nitrogen and oxygen atoms in total. The van der Waals surface area contributed by atoms with E-state index in [0.29, 0.717) is 11.6 Å². The number of rotatable bonds is 6. The molecule has 9 heteroatoms. The van der Waals surface area contributed by atoms with Crippen LogP contribution in [0.15, 0.2) is 33.5 Å². The summed E-state index contributed by atoms with van der Waals surface area (Å²) < 4.78 is 10.0. The van der Waals surface area contributed by atoms with Crippen LogP contribution in [-0.4, -0.2) is 31.1 Å². The number of carbonyl (C=O) groups is 3. The number of fused-ring (bicyclic) bond motifs is 1. The van der Waals surface area contributed by atoms with E-state index >= 15 is 0 Å². The number of hydrogen-bond donors (Lipinski definition) is 2. The fraction of sp³-hybridized carbons (Fsp3) is 0.294. The van der Waals surface area contributed by atoms with Gasteiger partial charge in [-0.3, -0.25) is 14.9 Å². The Bertz CT molecular complexity index is 892. The van der Waals surface area contributed by atoms with Crippen LogP contribution in [0.2, 0.25) is 5.02 Å². The van der Waals surface area contributed by atoms with E-state index in [9.17, 15) is 19.2 Å². The molecule has 2 rings (SSSR count). The number of hydrogen-bond acceptors (Lipinski definition) is 6. The molecule has 3 amide bonds. The van der Waals surface area contributed by atoms with E-state index in [1.165, 1.54) is 18.2 Å². The molecule has 0 aliphatic carbocycles. The lowest BCUT2D eigenvalue weighted by Crippen LogP contribution is -2.41. The highest BCUT2D eigenvalue weighted by Crippen LogP contribution is 2.17. The molecule has 138 valence electrons. The van der Waals surface area contributed by atoms with Gasteiger partial charge in [-0.15, -0.1) is 0 Å².